The van der Waals surface area contributed by atoms with E-state index in [4.69, 9.17) is 0 Å². The number of halogens is 3. The fourth-order valence-corrected chi connectivity index (χ4v) is 4.98. The molecule has 0 aliphatic heterocycles. The van der Waals surface area contributed by atoms with Gasteiger partial charge in [0.1, 0.15) is 5.82 Å². The molecule has 4 nitrogen and oxygen atoms in total. The summed E-state index contributed by atoms with van der Waals surface area (Å²) in [6.07, 6.45) is 2.37. The number of hydrogen-bond acceptors (Lipinski definition) is 4. The van der Waals surface area contributed by atoms with Gasteiger partial charge in [0.2, 0.25) is 0 Å². The first-order valence-electron chi connectivity index (χ1n) is 8.64. The highest BCUT2D eigenvalue weighted by Gasteiger charge is 2.65. The van der Waals surface area contributed by atoms with Crippen molar-refractivity contribution in [1.29, 1.82) is 0 Å². The lowest BCUT2D eigenvalue weighted by molar-refractivity contribution is -0.141. The van der Waals surface area contributed by atoms with Crippen molar-refractivity contribution in [3.63, 3.8) is 0 Å². The molecule has 2 heterocycles. The normalized spacial score (nSPS) is 32.5. The highest BCUT2D eigenvalue weighted by Crippen LogP contribution is 2.66. The average Bonchev–Trinajstić information content (AvgIpc) is 2.98. The second-order valence-corrected chi connectivity index (χ2v) is 7.36. The number of nitrogens with zero attached hydrogens (tertiary/aromatic N) is 3. The zero-order valence-corrected chi connectivity index (χ0v) is 13.4. The van der Waals surface area contributed by atoms with Gasteiger partial charge in [-0.2, -0.15) is 13.2 Å². The quantitative estimate of drug-likeness (QED) is 0.912. The van der Waals surface area contributed by atoms with Crippen molar-refractivity contribution in [1.82, 2.24) is 15.0 Å². The number of aromatic nitrogens is 3. The number of anilines is 1. The van der Waals surface area contributed by atoms with Crippen LogP contribution in [-0.2, 0) is 6.18 Å². The molecule has 0 spiro atoms. The number of rotatable bonds is 3. The molecule has 3 aliphatic carbocycles. The van der Waals surface area contributed by atoms with Gasteiger partial charge in [-0.15, -0.1) is 0 Å². The van der Waals surface area contributed by atoms with Gasteiger partial charge in [0, 0.05) is 30.1 Å². The van der Waals surface area contributed by atoms with Gasteiger partial charge in [-0.25, -0.2) is 9.97 Å². The number of fused-ring (bicyclic) bond motifs is 5. The van der Waals surface area contributed by atoms with Gasteiger partial charge in [-0.1, -0.05) is 0 Å². The summed E-state index contributed by atoms with van der Waals surface area (Å²) in [6.45, 7) is 0. The van der Waals surface area contributed by atoms with Gasteiger partial charge in [-0.05, 0) is 55.1 Å². The maximum atomic E-state index is 13.2. The van der Waals surface area contributed by atoms with Crippen molar-refractivity contribution in [3.05, 3.63) is 36.3 Å². The molecule has 2 bridgehead atoms. The summed E-state index contributed by atoms with van der Waals surface area (Å²) < 4.78 is 39.7. The lowest BCUT2D eigenvalue weighted by Gasteiger charge is -2.14. The Hall–Kier alpha value is -2.18. The van der Waals surface area contributed by atoms with Crippen LogP contribution in [0.2, 0.25) is 0 Å². The van der Waals surface area contributed by atoms with E-state index in [9.17, 15) is 13.2 Å². The van der Waals surface area contributed by atoms with E-state index in [2.05, 4.69) is 20.3 Å². The maximum Gasteiger partial charge on any atom is 0.433 e. The number of hydrogen-bond donors (Lipinski definition) is 1. The average molecular weight is 346 g/mol. The predicted molar refractivity (Wildman–Crippen MR) is 85.5 cm³/mol. The molecule has 4 unspecified atom stereocenters. The van der Waals surface area contributed by atoms with Crippen LogP contribution in [0, 0.1) is 23.7 Å². The molecule has 0 radical (unpaired) electrons. The van der Waals surface area contributed by atoms with Crippen LogP contribution in [-0.4, -0.2) is 21.0 Å². The minimum atomic E-state index is -4.51. The van der Waals surface area contributed by atoms with Gasteiger partial charge in [0.05, 0.1) is 0 Å². The third-order valence-corrected chi connectivity index (χ3v) is 5.99. The van der Waals surface area contributed by atoms with E-state index < -0.39 is 11.9 Å². The number of nitrogens with one attached hydrogen (secondary N) is 1. The molecule has 2 aromatic rings. The first-order valence-corrected chi connectivity index (χ1v) is 8.64. The fraction of sp³-hybridized carbons (Fsp3) is 0.500. The van der Waals surface area contributed by atoms with Gasteiger partial charge < -0.3 is 5.32 Å². The Bertz CT molecular complexity index is 792. The predicted octanol–water partition coefficient (Wildman–Crippen LogP) is 4.01. The minimum absolute atomic E-state index is 0.0548. The van der Waals surface area contributed by atoms with Gasteiger partial charge >= 0.3 is 6.18 Å². The highest BCUT2D eigenvalue weighted by atomic mass is 19.4. The topological polar surface area (TPSA) is 50.7 Å². The minimum Gasteiger partial charge on any atom is -0.367 e. The summed E-state index contributed by atoms with van der Waals surface area (Å²) >= 11 is 0. The Morgan fingerprint density at radius 2 is 1.84 bits per heavy atom. The van der Waals surface area contributed by atoms with Crippen LogP contribution in [0.25, 0.3) is 11.4 Å². The Morgan fingerprint density at radius 3 is 2.48 bits per heavy atom. The Labute approximate surface area is 142 Å². The van der Waals surface area contributed by atoms with Crippen molar-refractivity contribution in [2.75, 3.05) is 5.32 Å². The molecule has 130 valence electrons. The van der Waals surface area contributed by atoms with E-state index in [0.29, 0.717) is 17.4 Å². The summed E-state index contributed by atoms with van der Waals surface area (Å²) in [4.78, 5) is 12.0. The molecular weight excluding hydrogens is 329 g/mol. The molecule has 1 N–H and O–H groups in total. The standard InChI is InChI=1S/C18H17F3N4/c19-18(20,21)12-7-13(25-17(23-12)11-2-1-5-22-8-11)24-16-14-9-3-4-10(6-9)15(14)16/h1-2,5,7-10,14-16H,3-4,6H2,(H,23,24,25). The van der Waals surface area contributed by atoms with Crippen LogP contribution in [0.4, 0.5) is 19.0 Å². The van der Waals surface area contributed by atoms with Crippen molar-refractivity contribution in [2.24, 2.45) is 23.7 Å². The molecule has 2 aromatic heterocycles. The zero-order valence-electron chi connectivity index (χ0n) is 13.4. The molecule has 0 aromatic carbocycles. The van der Waals surface area contributed by atoms with Crippen molar-refractivity contribution < 1.29 is 13.2 Å². The smallest absolute Gasteiger partial charge is 0.367 e. The van der Waals surface area contributed by atoms with Crippen LogP contribution >= 0.6 is 0 Å². The Balaban J connectivity index is 1.47. The molecule has 3 fully saturated rings. The monoisotopic (exact) mass is 346 g/mol. The first-order chi connectivity index (χ1) is 12.0. The lowest BCUT2D eigenvalue weighted by atomic mass is 10.0. The van der Waals surface area contributed by atoms with Crippen LogP contribution < -0.4 is 5.32 Å². The van der Waals surface area contributed by atoms with Crippen LogP contribution in [0.5, 0.6) is 0 Å². The van der Waals surface area contributed by atoms with Crippen LogP contribution in [0.15, 0.2) is 30.6 Å². The van der Waals surface area contributed by atoms with Gasteiger partial charge in [0.15, 0.2) is 11.5 Å². The zero-order chi connectivity index (χ0) is 17.2. The second kappa shape index (κ2) is 5.16. The first kappa shape index (κ1) is 15.1. The van der Waals surface area contributed by atoms with E-state index in [1.165, 1.54) is 25.5 Å². The van der Waals surface area contributed by atoms with Crippen LogP contribution in [0.3, 0.4) is 0 Å². The summed E-state index contributed by atoms with van der Waals surface area (Å²) in [5.74, 6) is 3.04. The molecule has 3 saturated carbocycles. The Kier molecular flexibility index (Phi) is 3.12. The lowest BCUT2D eigenvalue weighted by Crippen LogP contribution is -2.16. The maximum absolute atomic E-state index is 13.2. The third kappa shape index (κ3) is 2.48. The van der Waals surface area contributed by atoms with E-state index in [-0.39, 0.29) is 17.7 Å². The van der Waals surface area contributed by atoms with Gasteiger partial charge in [0.25, 0.3) is 0 Å². The summed E-state index contributed by atoms with van der Waals surface area (Å²) in [5, 5.41) is 3.27. The molecular formula is C18H17F3N4. The number of alkyl halides is 3. The molecule has 5 rings (SSSR count). The summed E-state index contributed by atoms with van der Waals surface area (Å²) in [6, 6.07) is 4.62. The molecule has 7 heteroatoms. The van der Waals surface area contributed by atoms with Crippen molar-refractivity contribution in [3.8, 4) is 11.4 Å². The largest absolute Gasteiger partial charge is 0.433 e. The third-order valence-electron chi connectivity index (χ3n) is 5.99. The fourth-order valence-electron chi connectivity index (χ4n) is 4.98. The molecule has 0 saturated heterocycles. The Morgan fingerprint density at radius 1 is 1.08 bits per heavy atom. The summed E-state index contributed by atoms with van der Waals surface area (Å²) in [7, 11) is 0. The number of pyridine rings is 1. The van der Waals surface area contributed by atoms with E-state index in [0.717, 1.165) is 17.9 Å². The van der Waals surface area contributed by atoms with E-state index >= 15 is 0 Å². The SMILES string of the molecule is FC(F)(F)c1cc(NC2C3C4CCC(C4)C23)nc(-c2cccnc2)n1. The molecule has 4 atom stereocenters. The van der Waals surface area contributed by atoms with Crippen molar-refractivity contribution in [2.45, 2.75) is 31.5 Å². The van der Waals surface area contributed by atoms with Gasteiger partial charge in [-0.3, -0.25) is 4.98 Å². The second-order valence-electron chi connectivity index (χ2n) is 7.36. The molecule has 25 heavy (non-hydrogen) atoms. The van der Waals surface area contributed by atoms with Crippen molar-refractivity contribution >= 4 is 5.82 Å². The molecule has 3 aliphatic rings. The van der Waals surface area contributed by atoms with Crippen LogP contribution in [0.1, 0.15) is 25.0 Å². The van der Waals surface area contributed by atoms with E-state index in [1.807, 2.05) is 0 Å². The summed E-state index contributed by atoms with van der Waals surface area (Å²) in [5.41, 5.74) is -0.439. The van der Waals surface area contributed by atoms with E-state index in [1.54, 1.807) is 18.3 Å². The highest BCUT2D eigenvalue weighted by molar-refractivity contribution is 5.57. The molecule has 0 amide bonds.